The number of nitrogens with zero attached hydrogens (tertiary/aromatic N) is 2. The van der Waals surface area contributed by atoms with E-state index in [1.807, 2.05) is 49.6 Å². The predicted molar refractivity (Wildman–Crippen MR) is 136 cm³/mol. The Labute approximate surface area is 207 Å². The van der Waals surface area contributed by atoms with Crippen molar-refractivity contribution in [1.29, 1.82) is 0 Å². The molecule has 0 spiro atoms. The molecule has 0 fully saturated rings. The molecule has 0 unspecified atom stereocenters. The number of halogens is 1. The fourth-order valence-corrected chi connectivity index (χ4v) is 4.60. The third-order valence-corrected chi connectivity index (χ3v) is 6.13. The standard InChI is InChI=1S/C25H20BrN3O4S/c1-15(2)10-21(30)28-24-23(19(14-34-24)16-6-4-3-5-7-16)25(32)33-13-18-11-22(31)29-12-17(26)8-9-20(29)27-18/h3-12,14H,13H2,1-2H3,(H,28,30). The Kier molecular flexibility index (Phi) is 7.04. The number of allylic oxidation sites excluding steroid dienone is 1. The summed E-state index contributed by atoms with van der Waals surface area (Å²) in [5, 5.41) is 4.98. The largest absolute Gasteiger partial charge is 0.455 e. The third-order valence-electron chi connectivity index (χ3n) is 4.76. The maximum absolute atomic E-state index is 13.2. The van der Waals surface area contributed by atoms with Crippen molar-refractivity contribution in [2.24, 2.45) is 0 Å². The van der Waals surface area contributed by atoms with Crippen LogP contribution in [-0.2, 0) is 16.1 Å². The third kappa shape index (κ3) is 5.32. The molecule has 3 aromatic heterocycles. The Morgan fingerprint density at radius 2 is 1.94 bits per heavy atom. The van der Waals surface area contributed by atoms with E-state index in [1.165, 1.54) is 27.9 Å². The van der Waals surface area contributed by atoms with Crippen LogP contribution in [0, 0.1) is 0 Å². The van der Waals surface area contributed by atoms with Crippen molar-refractivity contribution < 1.29 is 14.3 Å². The van der Waals surface area contributed by atoms with Crippen LogP contribution in [0.1, 0.15) is 29.9 Å². The molecule has 0 aliphatic carbocycles. The first kappa shape index (κ1) is 23.6. The number of aromatic nitrogens is 2. The molecule has 0 atom stereocenters. The second-order valence-corrected chi connectivity index (χ2v) is 9.46. The quantitative estimate of drug-likeness (QED) is 0.261. The molecule has 0 saturated carbocycles. The SMILES string of the molecule is CC(C)=CC(=O)Nc1scc(-c2ccccc2)c1C(=O)OCc1cc(=O)n2cc(Br)ccc2n1. The fourth-order valence-electron chi connectivity index (χ4n) is 3.30. The number of fused-ring (bicyclic) bond motifs is 1. The summed E-state index contributed by atoms with van der Waals surface area (Å²) in [6.07, 6.45) is 3.08. The van der Waals surface area contributed by atoms with Crippen molar-refractivity contribution in [2.45, 2.75) is 20.5 Å². The van der Waals surface area contributed by atoms with Crippen molar-refractivity contribution in [2.75, 3.05) is 5.32 Å². The van der Waals surface area contributed by atoms with Crippen LogP contribution < -0.4 is 10.9 Å². The number of rotatable bonds is 6. The summed E-state index contributed by atoms with van der Waals surface area (Å²) in [6, 6.07) is 14.2. The maximum Gasteiger partial charge on any atom is 0.342 e. The minimum Gasteiger partial charge on any atom is -0.455 e. The Balaban J connectivity index is 1.64. The molecule has 0 aliphatic heterocycles. The molecule has 9 heteroatoms. The first-order valence-electron chi connectivity index (χ1n) is 10.3. The van der Waals surface area contributed by atoms with E-state index in [0.717, 1.165) is 15.6 Å². The number of thiophene rings is 1. The number of amides is 1. The number of carbonyl (C=O) groups is 2. The van der Waals surface area contributed by atoms with E-state index in [4.69, 9.17) is 4.74 Å². The lowest BCUT2D eigenvalue weighted by Gasteiger charge is -2.10. The summed E-state index contributed by atoms with van der Waals surface area (Å²) in [7, 11) is 0. The van der Waals surface area contributed by atoms with Crippen molar-refractivity contribution in [3.05, 3.63) is 97.8 Å². The van der Waals surface area contributed by atoms with E-state index in [1.54, 1.807) is 18.3 Å². The molecular weight excluding hydrogens is 518 g/mol. The van der Waals surface area contributed by atoms with Crippen molar-refractivity contribution in [3.63, 3.8) is 0 Å². The number of esters is 1. The van der Waals surface area contributed by atoms with Crippen LogP contribution in [0.25, 0.3) is 16.8 Å². The second-order valence-electron chi connectivity index (χ2n) is 7.67. The highest BCUT2D eigenvalue weighted by Crippen LogP contribution is 2.36. The Bertz CT molecular complexity index is 1470. The maximum atomic E-state index is 13.2. The number of anilines is 1. The van der Waals surface area contributed by atoms with Gasteiger partial charge in [0.2, 0.25) is 5.91 Å². The van der Waals surface area contributed by atoms with Gasteiger partial charge in [-0.05, 0) is 47.5 Å². The minimum atomic E-state index is -0.620. The van der Waals surface area contributed by atoms with Gasteiger partial charge in [-0.1, -0.05) is 35.9 Å². The molecule has 7 nitrogen and oxygen atoms in total. The molecule has 172 valence electrons. The highest BCUT2D eigenvalue weighted by molar-refractivity contribution is 9.10. The molecule has 0 radical (unpaired) electrons. The highest BCUT2D eigenvalue weighted by atomic mass is 79.9. The van der Waals surface area contributed by atoms with Crippen molar-refractivity contribution >= 4 is 49.8 Å². The van der Waals surface area contributed by atoms with Gasteiger partial charge in [-0.15, -0.1) is 11.3 Å². The van der Waals surface area contributed by atoms with Gasteiger partial charge in [-0.25, -0.2) is 9.78 Å². The first-order chi connectivity index (χ1) is 16.3. The van der Waals surface area contributed by atoms with Gasteiger partial charge in [0, 0.05) is 33.8 Å². The minimum absolute atomic E-state index is 0.188. The average molecular weight is 538 g/mol. The van der Waals surface area contributed by atoms with Crippen LogP contribution >= 0.6 is 27.3 Å². The van der Waals surface area contributed by atoms with E-state index in [2.05, 4.69) is 26.2 Å². The highest BCUT2D eigenvalue weighted by Gasteiger charge is 2.23. The number of hydrogen-bond donors (Lipinski definition) is 1. The molecular formula is C25H20BrN3O4S. The van der Waals surface area contributed by atoms with Crippen LogP contribution in [0.4, 0.5) is 5.00 Å². The van der Waals surface area contributed by atoms with Gasteiger partial charge in [-0.2, -0.15) is 0 Å². The first-order valence-corrected chi connectivity index (χ1v) is 12.0. The second kappa shape index (κ2) is 10.1. The molecule has 34 heavy (non-hydrogen) atoms. The molecule has 4 aromatic rings. The lowest BCUT2D eigenvalue weighted by molar-refractivity contribution is -0.111. The molecule has 4 rings (SSSR count). The zero-order chi connectivity index (χ0) is 24.2. The van der Waals surface area contributed by atoms with Gasteiger partial charge >= 0.3 is 5.97 Å². The van der Waals surface area contributed by atoms with Gasteiger partial charge in [0.05, 0.1) is 5.69 Å². The zero-order valence-electron chi connectivity index (χ0n) is 18.4. The van der Waals surface area contributed by atoms with Gasteiger partial charge in [0.25, 0.3) is 5.56 Å². The number of pyridine rings is 1. The van der Waals surface area contributed by atoms with Crippen LogP contribution in [0.5, 0.6) is 0 Å². The summed E-state index contributed by atoms with van der Waals surface area (Å²) in [4.78, 5) is 42.4. The summed E-state index contributed by atoms with van der Waals surface area (Å²) < 4.78 is 7.70. The number of carbonyl (C=O) groups excluding carboxylic acids is 2. The van der Waals surface area contributed by atoms with Crippen LogP contribution in [0.15, 0.2) is 81.0 Å². The molecule has 1 aromatic carbocycles. The average Bonchev–Trinajstić information content (AvgIpc) is 3.21. The Hall–Kier alpha value is -3.56. The predicted octanol–water partition coefficient (Wildman–Crippen LogP) is 5.45. The monoisotopic (exact) mass is 537 g/mol. The topological polar surface area (TPSA) is 89.8 Å². The zero-order valence-corrected chi connectivity index (χ0v) is 20.8. The number of nitrogens with one attached hydrogen (secondary N) is 1. The Morgan fingerprint density at radius 1 is 1.18 bits per heavy atom. The normalized spacial score (nSPS) is 10.7. The van der Waals surface area contributed by atoms with Gasteiger partial charge < -0.3 is 10.1 Å². The van der Waals surface area contributed by atoms with Crippen LogP contribution in [0.2, 0.25) is 0 Å². The lowest BCUT2D eigenvalue weighted by Crippen LogP contribution is -2.17. The molecule has 3 heterocycles. The molecule has 0 aliphatic rings. The molecule has 1 N–H and O–H groups in total. The van der Waals surface area contributed by atoms with E-state index >= 15 is 0 Å². The fraction of sp³-hybridized carbons (Fsp3) is 0.120. The number of hydrogen-bond acceptors (Lipinski definition) is 6. The molecule has 1 amide bonds. The summed E-state index contributed by atoms with van der Waals surface area (Å²) in [6.45, 7) is 3.44. The van der Waals surface area contributed by atoms with Gasteiger partial charge in [-0.3, -0.25) is 14.0 Å². The van der Waals surface area contributed by atoms with E-state index < -0.39 is 5.97 Å². The Morgan fingerprint density at radius 3 is 2.68 bits per heavy atom. The van der Waals surface area contributed by atoms with E-state index in [-0.39, 0.29) is 23.6 Å². The lowest BCUT2D eigenvalue weighted by atomic mass is 10.0. The van der Waals surface area contributed by atoms with Crippen molar-refractivity contribution in [1.82, 2.24) is 9.38 Å². The van der Waals surface area contributed by atoms with Gasteiger partial charge in [0.15, 0.2) is 0 Å². The smallest absolute Gasteiger partial charge is 0.342 e. The van der Waals surface area contributed by atoms with E-state index in [0.29, 0.717) is 21.9 Å². The van der Waals surface area contributed by atoms with Crippen LogP contribution in [0.3, 0.4) is 0 Å². The summed E-state index contributed by atoms with van der Waals surface area (Å²) in [5.41, 5.74) is 3.05. The molecule has 0 bridgehead atoms. The van der Waals surface area contributed by atoms with Gasteiger partial charge in [0.1, 0.15) is 22.8 Å². The summed E-state index contributed by atoms with van der Waals surface area (Å²) >= 11 is 4.58. The number of benzene rings is 1. The van der Waals surface area contributed by atoms with Crippen molar-refractivity contribution in [3.8, 4) is 11.1 Å². The number of ether oxygens (including phenoxy) is 1. The molecule has 0 saturated heterocycles. The summed E-state index contributed by atoms with van der Waals surface area (Å²) in [5.74, 6) is -0.948. The van der Waals surface area contributed by atoms with Crippen LogP contribution in [-0.4, -0.2) is 21.3 Å². The van der Waals surface area contributed by atoms with E-state index in [9.17, 15) is 14.4 Å².